The number of ether oxygens (including phenoxy) is 1. The van der Waals surface area contributed by atoms with Crippen LogP contribution in [0.3, 0.4) is 0 Å². The van der Waals surface area contributed by atoms with E-state index in [1.165, 1.54) is 0 Å². The largest absolute Gasteiger partial charge is 0.492 e. The molecule has 0 aliphatic carbocycles. The lowest BCUT2D eigenvalue weighted by atomic mass is 10.2. The summed E-state index contributed by atoms with van der Waals surface area (Å²) in [4.78, 5) is 0. The van der Waals surface area contributed by atoms with Crippen molar-refractivity contribution in [3.8, 4) is 5.75 Å². The Kier molecular flexibility index (Phi) is 5.09. The van der Waals surface area contributed by atoms with Crippen molar-refractivity contribution in [1.29, 1.82) is 0 Å². The van der Waals surface area contributed by atoms with Gasteiger partial charge in [0.2, 0.25) is 0 Å². The minimum Gasteiger partial charge on any atom is -0.492 e. The van der Waals surface area contributed by atoms with E-state index >= 15 is 0 Å². The fourth-order valence-corrected chi connectivity index (χ4v) is 2.02. The van der Waals surface area contributed by atoms with E-state index in [-0.39, 0.29) is 18.1 Å². The number of hydrogen-bond acceptors (Lipinski definition) is 3. The first-order valence-electron chi connectivity index (χ1n) is 5.06. The van der Waals surface area contributed by atoms with Crippen molar-refractivity contribution >= 4 is 21.4 Å². The van der Waals surface area contributed by atoms with Crippen LogP contribution in [0.1, 0.15) is 12.5 Å². The van der Waals surface area contributed by atoms with Crippen molar-refractivity contribution in [2.75, 3.05) is 18.1 Å². The van der Waals surface area contributed by atoms with Crippen LogP contribution < -0.4 is 4.74 Å². The molecule has 0 amide bonds. The lowest BCUT2D eigenvalue weighted by Gasteiger charge is -2.09. The monoisotopic (exact) mass is 262 g/mol. The molecule has 3 nitrogen and oxygen atoms in total. The molecular weight excluding hydrogens is 248 g/mol. The standard InChI is InChI=1S/C11H15ClO3S/c1-2-16(13,14)8-7-15-11-6-4-3-5-10(11)9-12/h3-6H,2,7-9H2,1H3. The molecule has 0 aromatic heterocycles. The van der Waals surface area contributed by atoms with Gasteiger partial charge in [-0.05, 0) is 6.07 Å². The molecule has 1 aromatic carbocycles. The van der Waals surface area contributed by atoms with E-state index in [9.17, 15) is 8.42 Å². The summed E-state index contributed by atoms with van der Waals surface area (Å²) in [7, 11) is -2.97. The Morgan fingerprint density at radius 2 is 2.00 bits per heavy atom. The van der Waals surface area contributed by atoms with E-state index in [4.69, 9.17) is 16.3 Å². The molecule has 0 saturated heterocycles. The minimum atomic E-state index is -2.97. The molecule has 0 spiro atoms. The molecule has 90 valence electrons. The first-order valence-corrected chi connectivity index (χ1v) is 7.41. The van der Waals surface area contributed by atoms with Crippen molar-refractivity contribution in [1.82, 2.24) is 0 Å². The van der Waals surface area contributed by atoms with Crippen LogP contribution >= 0.6 is 11.6 Å². The fraction of sp³-hybridized carbons (Fsp3) is 0.455. The zero-order valence-electron chi connectivity index (χ0n) is 9.15. The quantitative estimate of drug-likeness (QED) is 0.739. The van der Waals surface area contributed by atoms with Crippen molar-refractivity contribution in [2.24, 2.45) is 0 Å². The Hall–Kier alpha value is -0.740. The highest BCUT2D eigenvalue weighted by Gasteiger charge is 2.08. The van der Waals surface area contributed by atoms with E-state index in [2.05, 4.69) is 0 Å². The molecule has 16 heavy (non-hydrogen) atoms. The number of para-hydroxylation sites is 1. The lowest BCUT2D eigenvalue weighted by molar-refractivity contribution is 0.338. The molecule has 0 radical (unpaired) electrons. The van der Waals surface area contributed by atoms with Crippen molar-refractivity contribution < 1.29 is 13.2 Å². The maximum atomic E-state index is 11.2. The summed E-state index contributed by atoms with van der Waals surface area (Å²) in [6.45, 7) is 1.80. The van der Waals surface area contributed by atoms with Gasteiger partial charge in [0.15, 0.2) is 9.84 Å². The van der Waals surface area contributed by atoms with Crippen LogP contribution in [0.25, 0.3) is 0 Å². The molecule has 0 heterocycles. The van der Waals surface area contributed by atoms with Crippen LogP contribution in [0.15, 0.2) is 24.3 Å². The van der Waals surface area contributed by atoms with Gasteiger partial charge in [-0.1, -0.05) is 25.1 Å². The number of sulfone groups is 1. The topological polar surface area (TPSA) is 43.4 Å². The second-order valence-corrected chi connectivity index (χ2v) is 6.07. The molecule has 1 aromatic rings. The van der Waals surface area contributed by atoms with Crippen LogP contribution in [-0.2, 0) is 15.7 Å². The molecule has 0 fully saturated rings. The predicted octanol–water partition coefficient (Wildman–Crippen LogP) is 2.24. The summed E-state index contributed by atoms with van der Waals surface area (Å²) in [5, 5.41) is 0. The van der Waals surface area contributed by atoms with Crippen LogP contribution in [0.2, 0.25) is 0 Å². The first-order chi connectivity index (χ1) is 7.59. The highest BCUT2D eigenvalue weighted by atomic mass is 35.5. The number of halogens is 1. The van der Waals surface area contributed by atoms with Crippen molar-refractivity contribution in [2.45, 2.75) is 12.8 Å². The van der Waals surface area contributed by atoms with E-state index in [1.54, 1.807) is 13.0 Å². The molecule has 0 aliphatic rings. The van der Waals surface area contributed by atoms with Crippen LogP contribution in [0, 0.1) is 0 Å². The van der Waals surface area contributed by atoms with E-state index < -0.39 is 9.84 Å². The third-order valence-corrected chi connectivity index (χ3v) is 4.16. The third kappa shape index (κ3) is 4.02. The second-order valence-electron chi connectivity index (χ2n) is 3.33. The third-order valence-electron chi connectivity index (χ3n) is 2.21. The Bertz CT molecular complexity index is 429. The fourth-order valence-electron chi connectivity index (χ4n) is 1.18. The van der Waals surface area contributed by atoms with Gasteiger partial charge in [-0.15, -0.1) is 11.6 Å². The SMILES string of the molecule is CCS(=O)(=O)CCOc1ccccc1CCl. The molecule has 0 unspecified atom stereocenters. The molecule has 5 heteroatoms. The Labute approximate surface area is 101 Å². The zero-order valence-corrected chi connectivity index (χ0v) is 10.7. The van der Waals surface area contributed by atoms with Crippen LogP contribution in [-0.4, -0.2) is 26.5 Å². The number of alkyl halides is 1. The van der Waals surface area contributed by atoms with Gasteiger partial charge in [0.25, 0.3) is 0 Å². The molecule has 1 rings (SSSR count). The van der Waals surface area contributed by atoms with Gasteiger partial charge >= 0.3 is 0 Å². The smallest absolute Gasteiger partial charge is 0.153 e. The molecular formula is C11H15ClO3S. The van der Waals surface area contributed by atoms with Crippen molar-refractivity contribution in [3.05, 3.63) is 29.8 Å². The normalized spacial score (nSPS) is 11.4. The molecule has 0 saturated carbocycles. The Morgan fingerprint density at radius 3 is 2.62 bits per heavy atom. The maximum absolute atomic E-state index is 11.2. The van der Waals surface area contributed by atoms with E-state index in [1.807, 2.05) is 18.2 Å². The highest BCUT2D eigenvalue weighted by Crippen LogP contribution is 2.19. The van der Waals surface area contributed by atoms with Gasteiger partial charge in [0.05, 0.1) is 11.6 Å². The van der Waals surface area contributed by atoms with E-state index in [0.29, 0.717) is 11.6 Å². The van der Waals surface area contributed by atoms with Gasteiger partial charge in [0.1, 0.15) is 12.4 Å². The Balaban J connectivity index is 2.55. The molecule has 0 N–H and O–H groups in total. The average molecular weight is 263 g/mol. The highest BCUT2D eigenvalue weighted by molar-refractivity contribution is 7.91. The number of hydrogen-bond donors (Lipinski definition) is 0. The van der Waals surface area contributed by atoms with Gasteiger partial charge in [-0.2, -0.15) is 0 Å². The van der Waals surface area contributed by atoms with Crippen LogP contribution in [0.5, 0.6) is 5.75 Å². The van der Waals surface area contributed by atoms with Crippen LogP contribution in [0.4, 0.5) is 0 Å². The predicted molar refractivity (Wildman–Crippen MR) is 65.8 cm³/mol. The summed E-state index contributed by atoms with van der Waals surface area (Å²) < 4.78 is 27.9. The first kappa shape index (κ1) is 13.3. The molecule has 0 bridgehead atoms. The summed E-state index contributed by atoms with van der Waals surface area (Å²) in [6.07, 6.45) is 0. The van der Waals surface area contributed by atoms with Gasteiger partial charge < -0.3 is 4.74 Å². The summed E-state index contributed by atoms with van der Waals surface area (Å²) >= 11 is 5.73. The lowest BCUT2D eigenvalue weighted by Crippen LogP contribution is -2.15. The number of rotatable bonds is 6. The molecule has 0 atom stereocenters. The van der Waals surface area contributed by atoms with Gasteiger partial charge in [0, 0.05) is 11.3 Å². The Morgan fingerprint density at radius 1 is 1.31 bits per heavy atom. The minimum absolute atomic E-state index is 0.0418. The van der Waals surface area contributed by atoms with Crippen molar-refractivity contribution in [3.63, 3.8) is 0 Å². The van der Waals surface area contributed by atoms with Gasteiger partial charge in [-0.3, -0.25) is 0 Å². The van der Waals surface area contributed by atoms with Gasteiger partial charge in [-0.25, -0.2) is 8.42 Å². The number of benzene rings is 1. The summed E-state index contributed by atoms with van der Waals surface area (Å²) in [5.74, 6) is 1.20. The van der Waals surface area contributed by atoms with E-state index in [0.717, 1.165) is 5.56 Å². The second kappa shape index (κ2) is 6.11. The molecule has 0 aliphatic heterocycles. The summed E-state index contributed by atoms with van der Waals surface area (Å²) in [5.41, 5.74) is 0.873. The summed E-state index contributed by atoms with van der Waals surface area (Å²) in [6, 6.07) is 7.35. The maximum Gasteiger partial charge on any atom is 0.153 e. The average Bonchev–Trinajstić information content (AvgIpc) is 2.29. The zero-order chi connectivity index (χ0) is 12.0.